The van der Waals surface area contributed by atoms with Crippen molar-refractivity contribution in [1.29, 1.82) is 0 Å². The van der Waals surface area contributed by atoms with Gasteiger partial charge in [-0.1, -0.05) is 0 Å². The smallest absolute Gasteiger partial charge is 0.254 e. The Morgan fingerprint density at radius 1 is 1.07 bits per heavy atom. The van der Waals surface area contributed by atoms with Gasteiger partial charge in [-0.15, -0.1) is 10.2 Å². The van der Waals surface area contributed by atoms with E-state index in [0.717, 1.165) is 37.6 Å². The topological polar surface area (TPSA) is 72.7 Å². The van der Waals surface area contributed by atoms with Gasteiger partial charge in [0.05, 0.1) is 6.04 Å². The third-order valence-electron chi connectivity index (χ3n) is 5.95. The molecule has 3 aliphatic rings. The summed E-state index contributed by atoms with van der Waals surface area (Å²) < 4.78 is 13.4. The summed E-state index contributed by atoms with van der Waals surface area (Å²) >= 11 is 0. The summed E-state index contributed by atoms with van der Waals surface area (Å²) in [4.78, 5) is 17.3. The van der Waals surface area contributed by atoms with Gasteiger partial charge in [0, 0.05) is 31.6 Å². The first-order valence-corrected chi connectivity index (χ1v) is 10.0. The van der Waals surface area contributed by atoms with Gasteiger partial charge < -0.3 is 18.9 Å². The van der Waals surface area contributed by atoms with E-state index in [2.05, 4.69) is 26.7 Å². The van der Waals surface area contributed by atoms with Crippen LogP contribution in [-0.2, 0) is 13.0 Å². The van der Waals surface area contributed by atoms with Crippen molar-refractivity contribution in [1.82, 2.24) is 24.6 Å². The van der Waals surface area contributed by atoms with Crippen LogP contribution in [-0.4, -0.2) is 70.4 Å². The molecule has 0 saturated carbocycles. The number of carbonyl (C=O) groups is 1. The van der Waals surface area contributed by atoms with Crippen LogP contribution in [0.15, 0.2) is 18.2 Å². The SMILES string of the molecule is CN1CCC[C@H]1c1nnc2n1CCN(C(=O)c1ccc3c(c1)OCCO3)CC2. The monoisotopic (exact) mass is 383 g/mol. The molecule has 2 aromatic rings. The van der Waals surface area contributed by atoms with Crippen LogP contribution in [0, 0.1) is 0 Å². The highest BCUT2D eigenvalue weighted by atomic mass is 16.6. The van der Waals surface area contributed by atoms with Gasteiger partial charge in [0.1, 0.15) is 24.9 Å². The Morgan fingerprint density at radius 2 is 1.93 bits per heavy atom. The predicted octanol–water partition coefficient (Wildman–Crippen LogP) is 1.51. The lowest BCUT2D eigenvalue weighted by atomic mass is 10.1. The summed E-state index contributed by atoms with van der Waals surface area (Å²) in [7, 11) is 2.15. The number of aromatic nitrogens is 3. The standard InChI is InChI=1S/C20H25N5O3/c1-23-7-2-3-15(23)19-22-21-18-6-8-24(9-10-25(18)19)20(26)14-4-5-16-17(13-14)28-12-11-27-16/h4-5,13,15H,2-3,6-12H2,1H3/t15-/m0/s1. The van der Waals surface area contributed by atoms with Crippen LogP contribution in [0.1, 0.15) is 40.9 Å². The third kappa shape index (κ3) is 3.01. The van der Waals surface area contributed by atoms with Gasteiger partial charge in [-0.05, 0) is 44.6 Å². The van der Waals surface area contributed by atoms with Crippen molar-refractivity contribution in [3.05, 3.63) is 35.4 Å². The molecule has 1 amide bonds. The van der Waals surface area contributed by atoms with Crippen LogP contribution in [0.25, 0.3) is 0 Å². The molecule has 0 unspecified atom stereocenters. The summed E-state index contributed by atoms with van der Waals surface area (Å²) in [6, 6.07) is 5.77. The molecule has 28 heavy (non-hydrogen) atoms. The van der Waals surface area contributed by atoms with E-state index >= 15 is 0 Å². The van der Waals surface area contributed by atoms with Crippen LogP contribution >= 0.6 is 0 Å². The summed E-state index contributed by atoms with van der Waals surface area (Å²) in [6.45, 7) is 4.19. The number of fused-ring (bicyclic) bond motifs is 2. The van der Waals surface area contributed by atoms with Gasteiger partial charge in [0.25, 0.3) is 5.91 Å². The minimum Gasteiger partial charge on any atom is -0.486 e. The van der Waals surface area contributed by atoms with Crippen molar-refractivity contribution in [2.45, 2.75) is 31.8 Å². The highest BCUT2D eigenvalue weighted by Gasteiger charge is 2.30. The molecule has 0 N–H and O–H groups in total. The van der Waals surface area contributed by atoms with Crippen LogP contribution in [0.2, 0.25) is 0 Å². The number of rotatable bonds is 2. The van der Waals surface area contributed by atoms with Gasteiger partial charge in [-0.2, -0.15) is 0 Å². The van der Waals surface area contributed by atoms with Gasteiger partial charge >= 0.3 is 0 Å². The fourth-order valence-electron chi connectivity index (χ4n) is 4.39. The Balaban J connectivity index is 1.33. The Bertz CT molecular complexity index is 896. The van der Waals surface area contributed by atoms with Crippen molar-refractivity contribution in [3.8, 4) is 11.5 Å². The Hall–Kier alpha value is -2.61. The normalized spacial score (nSPS) is 22.0. The number of benzene rings is 1. The molecule has 1 atom stereocenters. The molecule has 0 spiro atoms. The van der Waals surface area contributed by atoms with Crippen molar-refractivity contribution in [2.75, 3.05) is 39.9 Å². The van der Waals surface area contributed by atoms with Crippen LogP contribution in [0.4, 0.5) is 0 Å². The van der Waals surface area contributed by atoms with Crippen molar-refractivity contribution < 1.29 is 14.3 Å². The maximum atomic E-state index is 13.1. The Morgan fingerprint density at radius 3 is 2.75 bits per heavy atom. The zero-order chi connectivity index (χ0) is 19.1. The molecule has 0 bridgehead atoms. The summed E-state index contributed by atoms with van der Waals surface area (Å²) in [6.07, 6.45) is 3.03. The van der Waals surface area contributed by atoms with Crippen LogP contribution in [0.5, 0.6) is 11.5 Å². The van der Waals surface area contributed by atoms with Crippen molar-refractivity contribution in [3.63, 3.8) is 0 Å². The highest BCUT2D eigenvalue weighted by Crippen LogP contribution is 2.32. The summed E-state index contributed by atoms with van der Waals surface area (Å²) in [5.74, 6) is 3.40. The van der Waals surface area contributed by atoms with E-state index in [1.54, 1.807) is 6.07 Å². The van der Waals surface area contributed by atoms with Gasteiger partial charge in [-0.3, -0.25) is 9.69 Å². The molecule has 1 fully saturated rings. The maximum absolute atomic E-state index is 13.1. The second-order valence-corrected chi connectivity index (χ2v) is 7.67. The molecular weight excluding hydrogens is 358 g/mol. The van der Waals surface area contributed by atoms with Crippen molar-refractivity contribution >= 4 is 5.91 Å². The Labute approximate surface area is 164 Å². The second-order valence-electron chi connectivity index (χ2n) is 7.67. The number of likely N-dealkylation sites (tertiary alicyclic amines) is 1. The molecule has 5 rings (SSSR count). The zero-order valence-electron chi connectivity index (χ0n) is 16.1. The maximum Gasteiger partial charge on any atom is 0.254 e. The first-order valence-electron chi connectivity index (χ1n) is 10.0. The molecule has 1 aromatic heterocycles. The quantitative estimate of drug-likeness (QED) is 0.783. The summed E-state index contributed by atoms with van der Waals surface area (Å²) in [5.41, 5.74) is 0.637. The molecule has 148 valence electrons. The van der Waals surface area contributed by atoms with Crippen LogP contribution in [0.3, 0.4) is 0 Å². The molecule has 0 radical (unpaired) electrons. The largest absolute Gasteiger partial charge is 0.486 e. The van der Waals surface area contributed by atoms with E-state index in [-0.39, 0.29) is 5.91 Å². The first-order chi connectivity index (χ1) is 13.7. The van der Waals surface area contributed by atoms with E-state index in [0.29, 0.717) is 49.4 Å². The average molecular weight is 383 g/mol. The fraction of sp³-hybridized carbons (Fsp3) is 0.550. The number of hydrogen-bond acceptors (Lipinski definition) is 6. The lowest BCUT2D eigenvalue weighted by Gasteiger charge is -2.23. The minimum absolute atomic E-state index is 0.0234. The van der Waals surface area contributed by atoms with E-state index in [1.807, 2.05) is 17.0 Å². The van der Waals surface area contributed by atoms with Gasteiger partial charge in [-0.25, -0.2) is 0 Å². The number of ether oxygens (including phenoxy) is 2. The molecule has 3 aliphatic heterocycles. The minimum atomic E-state index is 0.0234. The number of nitrogens with zero attached hydrogens (tertiary/aromatic N) is 5. The molecule has 1 saturated heterocycles. The molecule has 8 heteroatoms. The lowest BCUT2D eigenvalue weighted by molar-refractivity contribution is 0.0757. The second kappa shape index (κ2) is 7.09. The summed E-state index contributed by atoms with van der Waals surface area (Å²) in [5, 5.41) is 8.92. The number of carbonyl (C=O) groups excluding carboxylic acids is 1. The number of amides is 1. The van der Waals surface area contributed by atoms with Gasteiger partial charge in [0.2, 0.25) is 0 Å². The predicted molar refractivity (Wildman–Crippen MR) is 102 cm³/mol. The first kappa shape index (κ1) is 17.5. The van der Waals surface area contributed by atoms with Crippen molar-refractivity contribution in [2.24, 2.45) is 0 Å². The van der Waals surface area contributed by atoms with E-state index in [9.17, 15) is 4.79 Å². The van der Waals surface area contributed by atoms with Gasteiger partial charge in [0.15, 0.2) is 11.5 Å². The van der Waals surface area contributed by atoms with E-state index < -0.39 is 0 Å². The molecule has 1 aromatic carbocycles. The highest BCUT2D eigenvalue weighted by molar-refractivity contribution is 5.95. The fourth-order valence-corrected chi connectivity index (χ4v) is 4.39. The van der Waals surface area contributed by atoms with E-state index in [1.165, 1.54) is 6.42 Å². The van der Waals surface area contributed by atoms with E-state index in [4.69, 9.17) is 9.47 Å². The molecule has 8 nitrogen and oxygen atoms in total. The molecule has 0 aliphatic carbocycles. The molecule has 4 heterocycles. The average Bonchev–Trinajstić information content (AvgIpc) is 3.26. The third-order valence-corrected chi connectivity index (χ3v) is 5.95. The number of hydrogen-bond donors (Lipinski definition) is 0. The zero-order valence-corrected chi connectivity index (χ0v) is 16.1. The molecular formula is C20H25N5O3. The Kier molecular flexibility index (Phi) is 4.43. The van der Waals surface area contributed by atoms with Crippen LogP contribution < -0.4 is 9.47 Å². The lowest BCUT2D eigenvalue weighted by Crippen LogP contribution is -2.34.